The Balaban J connectivity index is 1.50. The Morgan fingerprint density at radius 2 is 1.96 bits per heavy atom. The molecule has 28 heavy (non-hydrogen) atoms. The Hall–Kier alpha value is -3.55. The highest BCUT2D eigenvalue weighted by Crippen LogP contribution is 2.35. The van der Waals surface area contributed by atoms with E-state index in [1.807, 2.05) is 38.1 Å². The van der Waals surface area contributed by atoms with E-state index >= 15 is 0 Å². The number of aromatic nitrogens is 2. The average molecular weight is 380 g/mol. The summed E-state index contributed by atoms with van der Waals surface area (Å²) in [6, 6.07) is 12.5. The number of carbonyl (C=O) groups excluding carboxylic acids is 1. The lowest BCUT2D eigenvalue weighted by Gasteiger charge is -2.09. The van der Waals surface area contributed by atoms with Gasteiger partial charge in [-0.3, -0.25) is 0 Å². The third kappa shape index (κ3) is 3.90. The number of carbonyl (C=O) groups is 1. The lowest BCUT2D eigenvalue weighted by atomic mass is 10.2. The Morgan fingerprint density at radius 3 is 2.82 bits per heavy atom. The first-order valence-corrected chi connectivity index (χ1v) is 8.97. The Labute approximate surface area is 161 Å². The van der Waals surface area contributed by atoms with E-state index in [-0.39, 0.29) is 12.8 Å². The highest BCUT2D eigenvalue weighted by molar-refractivity contribution is 5.89. The van der Waals surface area contributed by atoms with E-state index in [1.54, 1.807) is 18.2 Å². The molecular weight excluding hydrogens is 360 g/mol. The molecule has 0 spiro atoms. The van der Waals surface area contributed by atoms with E-state index in [9.17, 15) is 4.79 Å². The van der Waals surface area contributed by atoms with E-state index in [1.165, 1.54) is 0 Å². The monoisotopic (exact) mass is 380 g/mol. The van der Waals surface area contributed by atoms with Crippen molar-refractivity contribution in [3.63, 3.8) is 0 Å². The van der Waals surface area contributed by atoms with Gasteiger partial charge < -0.3 is 24.6 Å². The summed E-state index contributed by atoms with van der Waals surface area (Å²) in [5.74, 6) is 2.53. The van der Waals surface area contributed by atoms with Crippen LogP contribution in [0.25, 0.3) is 22.8 Å². The largest absolute Gasteiger partial charge is 0.454 e. The van der Waals surface area contributed by atoms with Crippen molar-refractivity contribution in [3.05, 3.63) is 42.5 Å². The van der Waals surface area contributed by atoms with Crippen LogP contribution in [0, 0.1) is 5.92 Å². The van der Waals surface area contributed by atoms with Crippen molar-refractivity contribution in [2.75, 3.05) is 18.7 Å². The minimum Gasteiger partial charge on any atom is -0.454 e. The van der Waals surface area contributed by atoms with Gasteiger partial charge >= 0.3 is 6.03 Å². The molecule has 2 aromatic carbocycles. The van der Waals surface area contributed by atoms with Gasteiger partial charge in [0.2, 0.25) is 12.6 Å². The normalized spacial score (nSPS) is 12.2. The molecule has 1 aliphatic rings. The van der Waals surface area contributed by atoms with E-state index in [0.717, 1.165) is 11.1 Å². The fraction of sp³-hybridized carbons (Fsp3) is 0.250. The second kappa shape index (κ2) is 7.59. The highest BCUT2D eigenvalue weighted by atomic mass is 16.7. The summed E-state index contributed by atoms with van der Waals surface area (Å²) in [7, 11) is 0. The predicted molar refractivity (Wildman–Crippen MR) is 103 cm³/mol. The predicted octanol–water partition coefficient (Wildman–Crippen LogP) is 3.91. The molecule has 2 heterocycles. The number of hydrogen-bond donors (Lipinski definition) is 2. The third-order valence-electron chi connectivity index (χ3n) is 4.10. The van der Waals surface area contributed by atoms with Crippen LogP contribution in [0.1, 0.15) is 13.8 Å². The van der Waals surface area contributed by atoms with Gasteiger partial charge in [0.1, 0.15) is 0 Å². The van der Waals surface area contributed by atoms with Crippen molar-refractivity contribution in [1.82, 2.24) is 15.5 Å². The molecule has 0 fully saturated rings. The molecule has 0 saturated carbocycles. The van der Waals surface area contributed by atoms with Crippen LogP contribution < -0.4 is 20.1 Å². The smallest absolute Gasteiger partial charge is 0.319 e. The average Bonchev–Trinajstić information content (AvgIpc) is 3.35. The van der Waals surface area contributed by atoms with Gasteiger partial charge in [0.05, 0.1) is 0 Å². The molecular formula is C20H20N4O4. The van der Waals surface area contributed by atoms with Gasteiger partial charge in [-0.15, -0.1) is 0 Å². The fourth-order valence-corrected chi connectivity index (χ4v) is 2.70. The quantitative estimate of drug-likeness (QED) is 0.696. The van der Waals surface area contributed by atoms with Crippen LogP contribution in [0.5, 0.6) is 11.5 Å². The molecule has 0 atom stereocenters. The van der Waals surface area contributed by atoms with Gasteiger partial charge in [0, 0.05) is 23.4 Å². The van der Waals surface area contributed by atoms with Crippen molar-refractivity contribution in [2.24, 2.45) is 5.92 Å². The molecule has 2 amide bonds. The van der Waals surface area contributed by atoms with Crippen molar-refractivity contribution in [3.8, 4) is 34.3 Å². The van der Waals surface area contributed by atoms with E-state index in [0.29, 0.717) is 41.4 Å². The van der Waals surface area contributed by atoms with Crippen molar-refractivity contribution < 1.29 is 18.8 Å². The van der Waals surface area contributed by atoms with Gasteiger partial charge in [-0.25, -0.2) is 4.79 Å². The highest BCUT2D eigenvalue weighted by Gasteiger charge is 2.17. The topological polar surface area (TPSA) is 98.5 Å². The lowest BCUT2D eigenvalue weighted by molar-refractivity contribution is 0.174. The van der Waals surface area contributed by atoms with Crippen LogP contribution in [0.2, 0.25) is 0 Å². The molecule has 8 heteroatoms. The van der Waals surface area contributed by atoms with E-state index in [2.05, 4.69) is 20.8 Å². The summed E-state index contributed by atoms with van der Waals surface area (Å²) < 4.78 is 16.1. The number of amides is 2. The number of ether oxygens (including phenoxy) is 2. The Morgan fingerprint density at radius 1 is 1.11 bits per heavy atom. The van der Waals surface area contributed by atoms with Gasteiger partial charge in [-0.2, -0.15) is 4.98 Å². The second-order valence-corrected chi connectivity index (χ2v) is 6.80. The van der Waals surface area contributed by atoms with Gasteiger partial charge in [0.25, 0.3) is 5.89 Å². The Bertz CT molecular complexity index is 999. The van der Waals surface area contributed by atoms with Crippen LogP contribution >= 0.6 is 0 Å². The van der Waals surface area contributed by atoms with Crippen LogP contribution in [0.4, 0.5) is 10.5 Å². The molecule has 0 radical (unpaired) electrons. The Kier molecular flexibility index (Phi) is 4.84. The standard InChI is InChI=1S/C20H20N4O4/c1-12(2)10-21-20(25)22-15-5-3-4-13(8-15)18-23-19(28-24-18)14-6-7-16-17(9-14)27-11-26-16/h3-9,12H,10-11H2,1-2H3,(H2,21,22,25). The van der Waals surface area contributed by atoms with E-state index < -0.39 is 0 Å². The van der Waals surface area contributed by atoms with Crippen molar-refractivity contribution in [1.29, 1.82) is 0 Å². The van der Waals surface area contributed by atoms with Gasteiger partial charge in [-0.1, -0.05) is 31.1 Å². The lowest BCUT2D eigenvalue weighted by Crippen LogP contribution is -2.31. The molecule has 8 nitrogen and oxygen atoms in total. The number of anilines is 1. The third-order valence-corrected chi connectivity index (χ3v) is 4.10. The summed E-state index contributed by atoms with van der Waals surface area (Å²) in [6.07, 6.45) is 0. The molecule has 4 rings (SSSR count). The van der Waals surface area contributed by atoms with Gasteiger partial charge in [0.15, 0.2) is 11.5 Å². The molecule has 1 aliphatic heterocycles. The molecule has 0 bridgehead atoms. The maximum absolute atomic E-state index is 12.0. The summed E-state index contributed by atoms with van der Waals surface area (Å²) in [6.45, 7) is 4.89. The minimum absolute atomic E-state index is 0.207. The number of nitrogens with one attached hydrogen (secondary N) is 2. The molecule has 0 saturated heterocycles. The number of rotatable bonds is 5. The first kappa shape index (κ1) is 17.8. The van der Waals surface area contributed by atoms with Crippen LogP contribution in [0.15, 0.2) is 47.0 Å². The maximum Gasteiger partial charge on any atom is 0.319 e. The van der Waals surface area contributed by atoms with Crippen molar-refractivity contribution >= 4 is 11.7 Å². The molecule has 0 aliphatic carbocycles. The first-order chi connectivity index (χ1) is 13.6. The summed E-state index contributed by atoms with van der Waals surface area (Å²) in [4.78, 5) is 16.4. The first-order valence-electron chi connectivity index (χ1n) is 8.97. The number of nitrogens with zero attached hydrogens (tertiary/aromatic N) is 2. The number of urea groups is 1. The van der Waals surface area contributed by atoms with Crippen LogP contribution in [-0.4, -0.2) is 29.5 Å². The van der Waals surface area contributed by atoms with Gasteiger partial charge in [-0.05, 0) is 36.2 Å². The second-order valence-electron chi connectivity index (χ2n) is 6.80. The van der Waals surface area contributed by atoms with Crippen LogP contribution in [-0.2, 0) is 0 Å². The van der Waals surface area contributed by atoms with Crippen LogP contribution in [0.3, 0.4) is 0 Å². The molecule has 144 valence electrons. The van der Waals surface area contributed by atoms with E-state index in [4.69, 9.17) is 14.0 Å². The molecule has 2 N–H and O–H groups in total. The zero-order valence-electron chi connectivity index (χ0n) is 15.6. The SMILES string of the molecule is CC(C)CNC(=O)Nc1cccc(-c2noc(-c3ccc4c(c3)OCO4)n2)c1. The zero-order valence-corrected chi connectivity index (χ0v) is 15.6. The fourth-order valence-electron chi connectivity index (χ4n) is 2.70. The zero-order chi connectivity index (χ0) is 19.5. The maximum atomic E-state index is 12.0. The molecule has 3 aromatic rings. The summed E-state index contributed by atoms with van der Waals surface area (Å²) >= 11 is 0. The summed E-state index contributed by atoms with van der Waals surface area (Å²) in [5, 5.41) is 9.67. The summed E-state index contributed by atoms with van der Waals surface area (Å²) in [5.41, 5.74) is 2.12. The number of benzene rings is 2. The minimum atomic E-state index is -0.250. The van der Waals surface area contributed by atoms with Crippen molar-refractivity contribution in [2.45, 2.75) is 13.8 Å². The molecule has 0 unspecified atom stereocenters. The number of hydrogen-bond acceptors (Lipinski definition) is 6. The molecule has 1 aromatic heterocycles. The number of fused-ring (bicyclic) bond motifs is 1.